The van der Waals surface area contributed by atoms with Gasteiger partial charge in [-0.15, -0.1) is 8.78 Å². The molecule has 0 bridgehead atoms. The fourth-order valence-corrected chi connectivity index (χ4v) is 3.31. The number of benzene rings is 2. The molecule has 0 unspecified atom stereocenters. The molecule has 0 fully saturated rings. The summed E-state index contributed by atoms with van der Waals surface area (Å²) in [6.45, 7) is 0. The molecule has 0 saturated heterocycles. The highest BCUT2D eigenvalue weighted by atomic mass is 19.3. The van der Waals surface area contributed by atoms with Crippen LogP contribution in [0.1, 0.15) is 11.1 Å². The Kier molecular flexibility index (Phi) is 3.45. The van der Waals surface area contributed by atoms with E-state index in [4.69, 9.17) is 0 Å². The van der Waals surface area contributed by atoms with Crippen LogP contribution in [-0.2, 0) is 4.79 Å². The van der Waals surface area contributed by atoms with Crippen molar-refractivity contribution in [2.24, 2.45) is 0 Å². The molecule has 1 amide bonds. The van der Waals surface area contributed by atoms with E-state index in [-0.39, 0.29) is 17.4 Å². The predicted molar refractivity (Wildman–Crippen MR) is 98.8 cm³/mol. The number of alkyl halides is 2. The lowest BCUT2D eigenvalue weighted by Gasteiger charge is -2.06. The number of pyridine rings is 1. The zero-order valence-electron chi connectivity index (χ0n) is 14.3. The number of carbonyl (C=O) groups is 1. The van der Waals surface area contributed by atoms with E-state index in [0.29, 0.717) is 22.4 Å². The van der Waals surface area contributed by atoms with E-state index in [1.165, 1.54) is 12.1 Å². The topological polar surface area (TPSA) is 60.5 Å². The predicted octanol–water partition coefficient (Wildman–Crippen LogP) is 4.56. The molecule has 0 saturated carbocycles. The molecule has 2 aliphatic heterocycles. The normalized spacial score (nSPS) is 17.5. The molecule has 3 aromatic rings. The van der Waals surface area contributed by atoms with Crippen LogP contribution in [0.2, 0.25) is 0 Å². The summed E-state index contributed by atoms with van der Waals surface area (Å²) in [6.07, 6.45) is 1.23. The summed E-state index contributed by atoms with van der Waals surface area (Å²) in [5.41, 5.74) is 3.86. The van der Waals surface area contributed by atoms with Gasteiger partial charge in [-0.05, 0) is 29.8 Å². The summed E-state index contributed by atoms with van der Waals surface area (Å²) >= 11 is 0. The van der Waals surface area contributed by atoms with Gasteiger partial charge in [-0.25, -0.2) is 0 Å². The van der Waals surface area contributed by atoms with Crippen LogP contribution in [0.15, 0.2) is 60.9 Å². The summed E-state index contributed by atoms with van der Waals surface area (Å²) < 4.78 is 35.9. The second-order valence-corrected chi connectivity index (χ2v) is 6.36. The molecule has 0 aliphatic carbocycles. The van der Waals surface area contributed by atoms with Crippen molar-refractivity contribution in [1.29, 1.82) is 0 Å². The number of amides is 1. The molecule has 2 aliphatic rings. The number of hydrogen-bond donors (Lipinski definition) is 1. The second-order valence-electron chi connectivity index (χ2n) is 6.36. The van der Waals surface area contributed by atoms with E-state index in [1.807, 2.05) is 30.3 Å². The summed E-state index contributed by atoms with van der Waals surface area (Å²) in [5.74, 6) is -0.472. The minimum absolute atomic E-state index is 0.0649. The van der Waals surface area contributed by atoms with Gasteiger partial charge in [-0.1, -0.05) is 30.3 Å². The van der Waals surface area contributed by atoms with E-state index in [2.05, 4.69) is 19.8 Å². The minimum Gasteiger partial charge on any atom is -0.395 e. The Bertz CT molecular complexity index is 1140. The first-order chi connectivity index (χ1) is 13.5. The monoisotopic (exact) mass is 378 g/mol. The van der Waals surface area contributed by atoms with Crippen LogP contribution in [0, 0.1) is 0 Å². The molecule has 0 atom stereocenters. The maximum Gasteiger partial charge on any atom is 0.586 e. The van der Waals surface area contributed by atoms with Crippen LogP contribution >= 0.6 is 0 Å². The van der Waals surface area contributed by atoms with Crippen LogP contribution < -0.4 is 14.8 Å². The Labute approximate surface area is 158 Å². The van der Waals surface area contributed by atoms with Crippen molar-refractivity contribution in [1.82, 2.24) is 4.98 Å². The van der Waals surface area contributed by atoms with Crippen molar-refractivity contribution >= 4 is 23.2 Å². The van der Waals surface area contributed by atoms with Crippen molar-refractivity contribution in [2.75, 3.05) is 5.32 Å². The van der Waals surface area contributed by atoms with Crippen molar-refractivity contribution < 1.29 is 23.0 Å². The first kappa shape index (κ1) is 16.4. The van der Waals surface area contributed by atoms with Gasteiger partial charge in [0.15, 0.2) is 11.5 Å². The highest BCUT2D eigenvalue weighted by Gasteiger charge is 2.44. The lowest BCUT2D eigenvalue weighted by atomic mass is 10.00. The Morgan fingerprint density at radius 2 is 1.93 bits per heavy atom. The quantitative estimate of drug-likeness (QED) is 0.664. The van der Waals surface area contributed by atoms with Gasteiger partial charge in [0.1, 0.15) is 0 Å². The molecule has 1 N–H and O–H groups in total. The number of nitrogens with zero attached hydrogens (tertiary/aromatic N) is 1. The van der Waals surface area contributed by atoms with Crippen molar-refractivity contribution in [3.05, 3.63) is 72.1 Å². The molecular weight excluding hydrogens is 366 g/mol. The van der Waals surface area contributed by atoms with Gasteiger partial charge >= 0.3 is 6.29 Å². The molecule has 5 nitrogen and oxygen atoms in total. The maximum atomic E-state index is 13.4. The third kappa shape index (κ3) is 2.68. The number of anilines is 1. The van der Waals surface area contributed by atoms with Crippen LogP contribution in [-0.4, -0.2) is 17.2 Å². The largest absolute Gasteiger partial charge is 0.586 e. The fourth-order valence-electron chi connectivity index (χ4n) is 3.31. The van der Waals surface area contributed by atoms with E-state index in [1.54, 1.807) is 24.5 Å². The van der Waals surface area contributed by atoms with Crippen molar-refractivity contribution in [3.8, 4) is 22.6 Å². The van der Waals surface area contributed by atoms with Crippen molar-refractivity contribution in [2.45, 2.75) is 6.29 Å². The minimum atomic E-state index is -3.72. The first-order valence-corrected chi connectivity index (χ1v) is 8.47. The van der Waals surface area contributed by atoms with Gasteiger partial charge in [0, 0.05) is 40.3 Å². The molecule has 7 heteroatoms. The number of nitrogens with one attached hydrogen (secondary N) is 1. The fraction of sp³-hybridized carbons (Fsp3) is 0.0476. The smallest absolute Gasteiger partial charge is 0.395 e. The molecule has 3 heterocycles. The zero-order chi connectivity index (χ0) is 19.3. The molecule has 1 aromatic heterocycles. The molecular formula is C21H12F2N2O3. The molecule has 0 spiro atoms. The highest BCUT2D eigenvalue weighted by molar-refractivity contribution is 6.35. The van der Waals surface area contributed by atoms with Crippen LogP contribution in [0.3, 0.4) is 0 Å². The van der Waals surface area contributed by atoms with Gasteiger partial charge in [0.25, 0.3) is 5.91 Å². The van der Waals surface area contributed by atoms with Gasteiger partial charge in [0.2, 0.25) is 0 Å². The number of hydrogen-bond acceptors (Lipinski definition) is 4. The van der Waals surface area contributed by atoms with Gasteiger partial charge < -0.3 is 14.8 Å². The average molecular weight is 378 g/mol. The summed E-state index contributed by atoms with van der Waals surface area (Å²) in [5, 5.41) is 2.81. The van der Waals surface area contributed by atoms with Gasteiger partial charge in [0.05, 0.1) is 0 Å². The van der Waals surface area contributed by atoms with Gasteiger partial charge in [-0.2, -0.15) is 0 Å². The molecule has 2 aromatic carbocycles. The second kappa shape index (κ2) is 5.88. The van der Waals surface area contributed by atoms with Crippen LogP contribution in [0.5, 0.6) is 11.5 Å². The van der Waals surface area contributed by atoms with Crippen molar-refractivity contribution in [3.63, 3.8) is 0 Å². The number of halogens is 2. The molecule has 138 valence electrons. The van der Waals surface area contributed by atoms with E-state index >= 15 is 0 Å². The Balaban J connectivity index is 1.56. The number of para-hydroxylation sites is 1. The Morgan fingerprint density at radius 1 is 1.04 bits per heavy atom. The van der Waals surface area contributed by atoms with E-state index in [0.717, 1.165) is 11.1 Å². The maximum absolute atomic E-state index is 13.4. The van der Waals surface area contributed by atoms with Gasteiger partial charge in [-0.3, -0.25) is 9.78 Å². The number of aromatic nitrogens is 1. The third-order valence-electron chi connectivity index (χ3n) is 4.56. The number of rotatable bonds is 2. The lowest BCUT2D eigenvalue weighted by molar-refractivity contribution is -0.286. The lowest BCUT2D eigenvalue weighted by Crippen LogP contribution is -2.26. The van der Waals surface area contributed by atoms with Crippen LogP contribution in [0.25, 0.3) is 22.8 Å². The number of fused-ring (bicyclic) bond motifs is 2. The summed E-state index contributed by atoms with van der Waals surface area (Å²) in [4.78, 5) is 16.6. The summed E-state index contributed by atoms with van der Waals surface area (Å²) in [6, 6.07) is 13.9. The van der Waals surface area contributed by atoms with E-state index in [9.17, 15) is 13.6 Å². The first-order valence-electron chi connectivity index (χ1n) is 8.47. The molecule has 5 rings (SSSR count). The van der Waals surface area contributed by atoms with E-state index < -0.39 is 6.29 Å². The molecule has 0 radical (unpaired) electrons. The Hall–Kier alpha value is -3.74. The average Bonchev–Trinajstić information content (AvgIpc) is 3.17. The van der Waals surface area contributed by atoms with Crippen LogP contribution in [0.4, 0.5) is 14.5 Å². The third-order valence-corrected chi connectivity index (χ3v) is 4.56. The summed E-state index contributed by atoms with van der Waals surface area (Å²) in [7, 11) is 0. The number of carbonyl (C=O) groups excluding carboxylic acids is 1. The Morgan fingerprint density at radius 3 is 2.75 bits per heavy atom. The standard InChI is InChI=1S/C21H12F2N2O3/c22-21(23)27-18-5-1-3-13(19(18)28-21)9-16-15-7-6-12(10-17(15)25-20(16)26)14-4-2-8-24-11-14/h1-11H,(H,25,26). The SMILES string of the molecule is O=C1Nc2cc(-c3cccnc3)ccc2C1=Cc1cccc2c1OC(F)(F)O2. The highest BCUT2D eigenvalue weighted by Crippen LogP contribution is 2.45. The number of ether oxygens (including phenoxy) is 2. The molecule has 28 heavy (non-hydrogen) atoms. The zero-order valence-corrected chi connectivity index (χ0v) is 14.3.